The van der Waals surface area contributed by atoms with E-state index in [4.69, 9.17) is 18.9 Å². The van der Waals surface area contributed by atoms with E-state index in [9.17, 15) is 10.1 Å². The standard InChI is InChI=1S/C68H103NO6/c1-5-9-13-17-21-25-29-33-46-72-65-56-40-37-41-57(65)51-59-43-39-45-61(67(59)74-48-35-31-27-23-19-15-11-7-3)53-63-55-64(69(70)71)54-62(68(63)75-49-36-32-28-24-20-16-12-8-4)52-60-44-38-42-58(50-56)66(60)73-47-34-30-26-22-18-14-10-6-2/h37-45,54-55H,5-36,46-53H2,1-4H3. The number of hydrogen-bond donors (Lipinski definition) is 0. The van der Waals surface area contributed by atoms with Crippen molar-refractivity contribution in [3.63, 3.8) is 0 Å². The lowest BCUT2D eigenvalue weighted by Crippen LogP contribution is -2.11. The Bertz CT molecular complexity index is 2050. The summed E-state index contributed by atoms with van der Waals surface area (Å²) in [5.41, 5.74) is 8.31. The normalized spacial score (nSPS) is 12.2. The van der Waals surface area contributed by atoms with Gasteiger partial charge in [0.1, 0.15) is 23.0 Å². The molecule has 0 spiro atoms. The van der Waals surface area contributed by atoms with Gasteiger partial charge in [0.25, 0.3) is 5.69 Å². The first kappa shape index (κ1) is 61.3. The topological polar surface area (TPSA) is 80.1 Å². The molecule has 1 aliphatic rings. The number of rotatable bonds is 41. The summed E-state index contributed by atoms with van der Waals surface area (Å²) in [6.45, 7) is 11.6. The number of ether oxygens (including phenoxy) is 4. The first-order chi connectivity index (χ1) is 37.0. The summed E-state index contributed by atoms with van der Waals surface area (Å²) in [6, 6.07) is 23.2. The van der Waals surface area contributed by atoms with E-state index >= 15 is 0 Å². The fourth-order valence-electron chi connectivity index (χ4n) is 11.1. The molecular formula is C68H103NO6. The molecule has 75 heavy (non-hydrogen) atoms. The van der Waals surface area contributed by atoms with E-state index in [2.05, 4.69) is 82.3 Å². The van der Waals surface area contributed by atoms with Gasteiger partial charge in [-0.3, -0.25) is 10.1 Å². The van der Waals surface area contributed by atoms with Crippen molar-refractivity contribution in [2.24, 2.45) is 0 Å². The van der Waals surface area contributed by atoms with Gasteiger partial charge in [0.2, 0.25) is 0 Å². The van der Waals surface area contributed by atoms with Gasteiger partial charge < -0.3 is 18.9 Å². The Morgan fingerprint density at radius 2 is 0.520 bits per heavy atom. The van der Waals surface area contributed by atoms with Crippen molar-refractivity contribution >= 4 is 5.69 Å². The maximum Gasteiger partial charge on any atom is 0.270 e. The number of hydrogen-bond acceptors (Lipinski definition) is 6. The van der Waals surface area contributed by atoms with E-state index in [1.807, 2.05) is 0 Å². The first-order valence-corrected chi connectivity index (χ1v) is 31.1. The van der Waals surface area contributed by atoms with Gasteiger partial charge >= 0.3 is 0 Å². The number of unbranched alkanes of at least 4 members (excludes halogenated alkanes) is 28. The van der Waals surface area contributed by atoms with Crippen LogP contribution in [-0.4, -0.2) is 31.4 Å². The molecule has 0 saturated carbocycles. The summed E-state index contributed by atoms with van der Waals surface area (Å²) in [5, 5.41) is 12.9. The van der Waals surface area contributed by atoms with E-state index in [0.29, 0.717) is 52.1 Å². The zero-order valence-electron chi connectivity index (χ0n) is 48.0. The summed E-state index contributed by atoms with van der Waals surface area (Å²) < 4.78 is 27.9. The molecule has 5 rings (SSSR count). The third kappa shape index (κ3) is 22.9. The Hall–Kier alpha value is -4.52. The number of nitro groups is 1. The van der Waals surface area contributed by atoms with Gasteiger partial charge in [0, 0.05) is 48.9 Å². The number of benzene rings is 4. The third-order valence-corrected chi connectivity index (χ3v) is 15.5. The zero-order valence-corrected chi connectivity index (χ0v) is 48.0. The summed E-state index contributed by atoms with van der Waals surface area (Å²) >= 11 is 0. The SMILES string of the molecule is CCCCCCCCCCOc1c2cccc1Cc1cccc(c1OCCCCCCCCCC)Cc1cc([N+](=O)[O-])cc(c1OCCCCCCCCCC)Cc1cccc(c1OCCCCCCCCCC)C2. The molecule has 0 saturated heterocycles. The smallest absolute Gasteiger partial charge is 0.270 e. The molecule has 7 nitrogen and oxygen atoms in total. The van der Waals surface area contributed by atoms with Gasteiger partial charge in [-0.15, -0.1) is 0 Å². The molecule has 1 aliphatic carbocycles. The van der Waals surface area contributed by atoms with Crippen molar-refractivity contribution in [1.82, 2.24) is 0 Å². The maximum absolute atomic E-state index is 12.9. The van der Waals surface area contributed by atoms with Gasteiger partial charge in [-0.05, 0) is 59.1 Å². The minimum Gasteiger partial charge on any atom is -0.493 e. The number of nitrogens with zero attached hydrogens (tertiary/aromatic N) is 1. The van der Waals surface area contributed by atoms with Gasteiger partial charge in [0.05, 0.1) is 31.4 Å². The largest absolute Gasteiger partial charge is 0.493 e. The Balaban J connectivity index is 1.55. The van der Waals surface area contributed by atoms with Crippen molar-refractivity contribution in [2.45, 2.75) is 259 Å². The van der Waals surface area contributed by atoms with Crippen molar-refractivity contribution in [3.8, 4) is 23.0 Å². The second kappa shape index (κ2) is 38.1. The molecule has 0 N–H and O–H groups in total. The molecule has 0 heterocycles. The van der Waals surface area contributed by atoms with Crippen molar-refractivity contribution < 1.29 is 23.9 Å². The molecule has 4 aromatic rings. The molecule has 8 bridgehead atoms. The van der Waals surface area contributed by atoms with Gasteiger partial charge in [-0.25, -0.2) is 0 Å². The highest BCUT2D eigenvalue weighted by Crippen LogP contribution is 2.41. The van der Waals surface area contributed by atoms with Gasteiger partial charge in [0.15, 0.2) is 0 Å². The molecule has 0 atom stereocenters. The molecule has 0 fully saturated rings. The van der Waals surface area contributed by atoms with Crippen molar-refractivity contribution in [1.29, 1.82) is 0 Å². The van der Waals surface area contributed by atoms with E-state index in [0.717, 1.165) is 112 Å². The van der Waals surface area contributed by atoms with Crippen LogP contribution < -0.4 is 18.9 Å². The average Bonchev–Trinajstić information content (AvgIpc) is 3.41. The van der Waals surface area contributed by atoms with Crippen LogP contribution in [0.15, 0.2) is 66.7 Å². The molecule has 0 radical (unpaired) electrons. The summed E-state index contributed by atoms with van der Waals surface area (Å²) in [4.78, 5) is 12.7. The lowest BCUT2D eigenvalue weighted by molar-refractivity contribution is -0.385. The molecule has 0 aromatic heterocycles. The van der Waals surface area contributed by atoms with Gasteiger partial charge in [-0.2, -0.15) is 0 Å². The minimum absolute atomic E-state index is 0.0870. The van der Waals surface area contributed by atoms with Crippen molar-refractivity contribution in [2.75, 3.05) is 26.4 Å². The maximum atomic E-state index is 12.9. The predicted octanol–water partition coefficient (Wildman–Crippen LogP) is 20.3. The van der Waals surface area contributed by atoms with Crippen molar-refractivity contribution in [3.05, 3.63) is 121 Å². The number of non-ortho nitro benzene ring substituents is 1. The fourth-order valence-corrected chi connectivity index (χ4v) is 11.1. The molecule has 416 valence electrons. The lowest BCUT2D eigenvalue weighted by Gasteiger charge is -2.23. The number of para-hydroxylation sites is 3. The Morgan fingerprint density at radius 1 is 0.320 bits per heavy atom. The number of nitro benzene ring substituents is 1. The molecule has 0 amide bonds. The predicted molar refractivity (Wildman–Crippen MR) is 316 cm³/mol. The molecule has 0 unspecified atom stereocenters. The van der Waals surface area contributed by atoms with Crippen LogP contribution in [0.5, 0.6) is 23.0 Å². The zero-order chi connectivity index (χ0) is 53.0. The quantitative estimate of drug-likeness (QED) is 0.0220. The highest BCUT2D eigenvalue weighted by Gasteiger charge is 2.24. The van der Waals surface area contributed by atoms with E-state index in [1.54, 1.807) is 12.1 Å². The highest BCUT2D eigenvalue weighted by molar-refractivity contribution is 5.58. The number of fused-ring (bicyclic) bond motifs is 8. The van der Waals surface area contributed by atoms with Crippen LogP contribution in [-0.2, 0) is 25.7 Å². The highest BCUT2D eigenvalue weighted by atomic mass is 16.6. The summed E-state index contributed by atoms with van der Waals surface area (Å²) in [6.07, 6.45) is 41.5. The average molecular weight is 1030 g/mol. The third-order valence-electron chi connectivity index (χ3n) is 15.5. The first-order valence-electron chi connectivity index (χ1n) is 31.1. The van der Waals surface area contributed by atoms with E-state index < -0.39 is 0 Å². The lowest BCUT2D eigenvalue weighted by atomic mass is 9.91. The molecule has 7 heteroatoms. The summed E-state index contributed by atoms with van der Waals surface area (Å²) in [5.74, 6) is 3.51. The summed E-state index contributed by atoms with van der Waals surface area (Å²) in [7, 11) is 0. The van der Waals surface area contributed by atoms with Crippen LogP contribution in [0.2, 0.25) is 0 Å². The molecule has 0 aliphatic heterocycles. The van der Waals surface area contributed by atoms with E-state index in [1.165, 1.54) is 161 Å². The van der Waals surface area contributed by atoms with E-state index in [-0.39, 0.29) is 10.6 Å². The van der Waals surface area contributed by atoms with Gasteiger partial charge in [-0.1, -0.05) is 262 Å². The van der Waals surface area contributed by atoms with Crippen LogP contribution >= 0.6 is 0 Å². The second-order valence-corrected chi connectivity index (χ2v) is 22.1. The molecule has 4 aromatic carbocycles. The Kier molecular flexibility index (Phi) is 31.2. The Morgan fingerprint density at radius 3 is 0.747 bits per heavy atom. The minimum atomic E-state index is -0.235. The van der Waals surface area contributed by atoms with Crippen LogP contribution in [0.25, 0.3) is 0 Å². The Labute approximate surface area is 457 Å². The monoisotopic (exact) mass is 1030 g/mol. The van der Waals surface area contributed by atoms with Crippen LogP contribution in [0.3, 0.4) is 0 Å². The van der Waals surface area contributed by atoms with Crippen LogP contribution in [0.1, 0.15) is 278 Å². The fraction of sp³-hybridized carbons (Fsp3) is 0.647. The molecular weight excluding hydrogens is 927 g/mol. The van der Waals surface area contributed by atoms with Crippen LogP contribution in [0, 0.1) is 10.1 Å². The second-order valence-electron chi connectivity index (χ2n) is 22.1. The van der Waals surface area contributed by atoms with Crippen LogP contribution in [0.4, 0.5) is 5.69 Å².